The minimum atomic E-state index is -3.05. The molecule has 2 saturated heterocycles. The average Bonchev–Trinajstić information content (AvgIpc) is 2.68. The molecule has 18 heavy (non-hydrogen) atoms. The molecule has 7 heteroatoms. The summed E-state index contributed by atoms with van der Waals surface area (Å²) < 4.78 is 24.1. The van der Waals surface area contributed by atoms with E-state index in [-0.39, 0.29) is 29.6 Å². The number of rotatable bonds is 1. The van der Waals surface area contributed by atoms with Crippen LogP contribution in [0.3, 0.4) is 0 Å². The van der Waals surface area contributed by atoms with Gasteiger partial charge in [-0.2, -0.15) is 0 Å². The van der Waals surface area contributed by atoms with E-state index >= 15 is 0 Å². The number of urea groups is 1. The molecule has 2 unspecified atom stereocenters. The molecule has 5 nitrogen and oxygen atoms in total. The molecule has 0 aromatic heterocycles. The summed E-state index contributed by atoms with van der Waals surface area (Å²) in [7, 11) is -3.05. The zero-order valence-electron chi connectivity index (χ0n) is 9.34. The maximum absolute atomic E-state index is 11.9. The standard InChI is InChI=1S/C11H11BrN2O3S/c12-7-2-1-3-8(4-7)14-10-6-18(16,17)5-9(10)13-11(14)15/h1-4,9-10H,5-6H2,(H,13,15). The van der Waals surface area contributed by atoms with Crippen LogP contribution in [0.15, 0.2) is 28.7 Å². The number of amides is 2. The van der Waals surface area contributed by atoms with Gasteiger partial charge in [0.2, 0.25) is 0 Å². The lowest BCUT2D eigenvalue weighted by Crippen LogP contribution is -2.36. The van der Waals surface area contributed by atoms with Crippen LogP contribution >= 0.6 is 15.9 Å². The van der Waals surface area contributed by atoms with E-state index in [4.69, 9.17) is 0 Å². The smallest absolute Gasteiger partial charge is 0.322 e. The first-order valence-electron chi connectivity index (χ1n) is 5.52. The molecule has 0 bridgehead atoms. The van der Waals surface area contributed by atoms with Crippen molar-refractivity contribution in [1.82, 2.24) is 5.32 Å². The van der Waals surface area contributed by atoms with Crippen LogP contribution in [-0.4, -0.2) is 38.0 Å². The molecule has 0 aliphatic carbocycles. The maximum atomic E-state index is 11.9. The predicted molar refractivity (Wildman–Crippen MR) is 71.4 cm³/mol. The Labute approximate surface area is 113 Å². The molecule has 96 valence electrons. The highest BCUT2D eigenvalue weighted by molar-refractivity contribution is 9.10. The third-order valence-corrected chi connectivity index (χ3v) is 5.48. The average molecular weight is 331 g/mol. The van der Waals surface area contributed by atoms with Gasteiger partial charge >= 0.3 is 6.03 Å². The highest BCUT2D eigenvalue weighted by Crippen LogP contribution is 2.30. The largest absolute Gasteiger partial charge is 0.332 e. The van der Waals surface area contributed by atoms with Crippen LogP contribution in [0.4, 0.5) is 10.5 Å². The molecule has 2 aliphatic heterocycles. The number of carbonyl (C=O) groups excluding carboxylic acids is 1. The van der Waals surface area contributed by atoms with E-state index in [1.807, 2.05) is 18.2 Å². The Kier molecular flexibility index (Phi) is 2.63. The molecule has 2 atom stereocenters. The SMILES string of the molecule is O=C1NC2CS(=O)(=O)CC2N1c1cccc(Br)c1. The van der Waals surface area contributed by atoms with Crippen molar-refractivity contribution < 1.29 is 13.2 Å². The van der Waals surface area contributed by atoms with Gasteiger partial charge in [0, 0.05) is 10.2 Å². The van der Waals surface area contributed by atoms with Gasteiger partial charge in [-0.25, -0.2) is 13.2 Å². The van der Waals surface area contributed by atoms with Crippen molar-refractivity contribution in [3.63, 3.8) is 0 Å². The van der Waals surface area contributed by atoms with Crippen LogP contribution in [0, 0.1) is 0 Å². The van der Waals surface area contributed by atoms with Gasteiger partial charge < -0.3 is 5.32 Å². The van der Waals surface area contributed by atoms with Crippen LogP contribution < -0.4 is 10.2 Å². The first kappa shape index (κ1) is 12.0. The molecular weight excluding hydrogens is 320 g/mol. The van der Waals surface area contributed by atoms with Crippen molar-refractivity contribution in [3.8, 4) is 0 Å². The fraction of sp³-hybridized carbons (Fsp3) is 0.364. The summed E-state index contributed by atoms with van der Waals surface area (Å²) >= 11 is 3.35. The molecule has 1 aromatic carbocycles. The zero-order valence-corrected chi connectivity index (χ0v) is 11.7. The number of anilines is 1. The molecule has 0 spiro atoms. The lowest BCUT2D eigenvalue weighted by molar-refractivity contribution is 0.251. The summed E-state index contributed by atoms with van der Waals surface area (Å²) in [6.45, 7) is 0. The van der Waals surface area contributed by atoms with Crippen LogP contribution in [0.2, 0.25) is 0 Å². The number of fused-ring (bicyclic) bond motifs is 1. The fourth-order valence-electron chi connectivity index (χ4n) is 2.53. The molecule has 3 rings (SSSR count). The second kappa shape index (κ2) is 3.96. The monoisotopic (exact) mass is 330 g/mol. The number of nitrogens with zero attached hydrogens (tertiary/aromatic N) is 1. The van der Waals surface area contributed by atoms with E-state index < -0.39 is 9.84 Å². The van der Waals surface area contributed by atoms with Crippen molar-refractivity contribution in [2.75, 3.05) is 16.4 Å². The van der Waals surface area contributed by atoms with E-state index in [1.165, 1.54) is 0 Å². The van der Waals surface area contributed by atoms with E-state index in [0.717, 1.165) is 4.47 Å². The summed E-state index contributed by atoms with van der Waals surface area (Å²) in [4.78, 5) is 13.5. The van der Waals surface area contributed by atoms with E-state index in [1.54, 1.807) is 11.0 Å². The Bertz CT molecular complexity index is 616. The second-order valence-electron chi connectivity index (χ2n) is 4.55. The van der Waals surface area contributed by atoms with Gasteiger partial charge in [-0.3, -0.25) is 4.90 Å². The summed E-state index contributed by atoms with van der Waals surface area (Å²) in [6, 6.07) is 6.49. The van der Waals surface area contributed by atoms with Gasteiger partial charge in [0.05, 0.1) is 23.6 Å². The number of sulfone groups is 1. The van der Waals surface area contributed by atoms with Crippen LogP contribution in [-0.2, 0) is 9.84 Å². The molecular formula is C11H11BrN2O3S. The van der Waals surface area contributed by atoms with Gasteiger partial charge in [-0.1, -0.05) is 22.0 Å². The number of hydrogen-bond acceptors (Lipinski definition) is 3. The van der Waals surface area contributed by atoms with Crippen LogP contribution in [0.25, 0.3) is 0 Å². The van der Waals surface area contributed by atoms with Crippen LogP contribution in [0.1, 0.15) is 0 Å². The molecule has 2 heterocycles. The summed E-state index contributed by atoms with van der Waals surface area (Å²) in [5, 5.41) is 2.73. The first-order valence-corrected chi connectivity index (χ1v) is 8.13. The summed E-state index contributed by atoms with van der Waals surface area (Å²) in [5.41, 5.74) is 0.714. The molecule has 0 saturated carbocycles. The minimum absolute atomic E-state index is 0.0307. The third kappa shape index (κ3) is 1.91. The van der Waals surface area contributed by atoms with Crippen molar-refractivity contribution in [1.29, 1.82) is 0 Å². The number of carbonyl (C=O) groups is 1. The number of benzene rings is 1. The van der Waals surface area contributed by atoms with E-state index in [9.17, 15) is 13.2 Å². The Morgan fingerprint density at radius 2 is 2.11 bits per heavy atom. The van der Waals surface area contributed by atoms with Gasteiger partial charge in [0.25, 0.3) is 0 Å². The first-order chi connectivity index (χ1) is 8.46. The molecule has 0 radical (unpaired) electrons. The molecule has 2 fully saturated rings. The molecule has 2 amide bonds. The Balaban J connectivity index is 1.99. The lowest BCUT2D eigenvalue weighted by atomic mass is 10.1. The molecule has 2 aliphatic rings. The normalized spacial score (nSPS) is 29.2. The maximum Gasteiger partial charge on any atom is 0.322 e. The van der Waals surface area contributed by atoms with Crippen molar-refractivity contribution in [2.24, 2.45) is 0 Å². The van der Waals surface area contributed by atoms with Crippen molar-refractivity contribution in [2.45, 2.75) is 12.1 Å². The fourth-order valence-corrected chi connectivity index (χ4v) is 4.81. The van der Waals surface area contributed by atoms with Gasteiger partial charge in [0.15, 0.2) is 9.84 Å². The lowest BCUT2D eigenvalue weighted by Gasteiger charge is -2.21. The highest BCUT2D eigenvalue weighted by Gasteiger charge is 2.49. The van der Waals surface area contributed by atoms with Gasteiger partial charge in [-0.05, 0) is 18.2 Å². The predicted octanol–water partition coefficient (Wildman–Crippen LogP) is 1.14. The Morgan fingerprint density at radius 3 is 2.83 bits per heavy atom. The van der Waals surface area contributed by atoms with Crippen LogP contribution in [0.5, 0.6) is 0 Å². The number of hydrogen-bond donors (Lipinski definition) is 1. The Hall–Kier alpha value is -1.08. The number of halogens is 1. The summed E-state index contributed by atoms with van der Waals surface area (Å²) in [6.07, 6.45) is 0. The highest BCUT2D eigenvalue weighted by atomic mass is 79.9. The third-order valence-electron chi connectivity index (χ3n) is 3.27. The van der Waals surface area contributed by atoms with E-state index in [2.05, 4.69) is 21.2 Å². The van der Waals surface area contributed by atoms with E-state index in [0.29, 0.717) is 5.69 Å². The van der Waals surface area contributed by atoms with Gasteiger partial charge in [0.1, 0.15) is 0 Å². The summed E-state index contributed by atoms with van der Waals surface area (Å²) in [5.74, 6) is 0.0663. The van der Waals surface area contributed by atoms with Gasteiger partial charge in [-0.15, -0.1) is 0 Å². The number of nitrogens with one attached hydrogen (secondary N) is 1. The minimum Gasteiger partial charge on any atom is -0.332 e. The second-order valence-corrected chi connectivity index (χ2v) is 7.62. The quantitative estimate of drug-likeness (QED) is 0.785. The molecule has 1 aromatic rings. The van der Waals surface area contributed by atoms with Crippen molar-refractivity contribution >= 4 is 37.5 Å². The van der Waals surface area contributed by atoms with Crippen molar-refractivity contribution in [3.05, 3.63) is 28.7 Å². The Morgan fingerprint density at radius 1 is 1.33 bits per heavy atom. The topological polar surface area (TPSA) is 66.5 Å². The molecule has 1 N–H and O–H groups in total. The zero-order chi connectivity index (χ0) is 12.9.